The fourth-order valence-electron chi connectivity index (χ4n) is 2.89. The van der Waals surface area contributed by atoms with Crippen molar-refractivity contribution in [1.82, 2.24) is 15.1 Å². The zero-order valence-electron chi connectivity index (χ0n) is 13.4. The van der Waals surface area contributed by atoms with Gasteiger partial charge in [-0.05, 0) is 48.9 Å². The molecule has 0 saturated heterocycles. The maximum atomic E-state index is 12.9. The zero-order valence-corrected chi connectivity index (χ0v) is 13.4. The number of carbonyl (C=O) groups excluding carboxylic acids is 1. The third kappa shape index (κ3) is 4.07. The summed E-state index contributed by atoms with van der Waals surface area (Å²) in [5.41, 5.74) is 2.50. The van der Waals surface area contributed by atoms with Crippen molar-refractivity contribution in [3.05, 3.63) is 63.3 Å². The number of hydrogen-bond acceptors (Lipinski definition) is 3. The largest absolute Gasteiger partial charge is 0.350 e. The molecule has 1 aromatic heterocycles. The molecular weight excluding hydrogens is 309 g/mol. The van der Waals surface area contributed by atoms with Crippen molar-refractivity contribution in [2.24, 2.45) is 0 Å². The standard InChI is InChI=1S/C18H20FN3O2/c19-15-8-6-13(7-9-15)11-20-17(23)12-22-18(24)10-14-4-2-1-3-5-16(14)21-22/h6-10H,1-5,11-12H2,(H,20,23). The Labute approximate surface area is 139 Å². The Hall–Kier alpha value is -2.50. The summed E-state index contributed by atoms with van der Waals surface area (Å²) in [5, 5.41) is 7.10. The molecule has 0 bridgehead atoms. The van der Waals surface area contributed by atoms with E-state index in [1.165, 1.54) is 16.8 Å². The van der Waals surface area contributed by atoms with E-state index >= 15 is 0 Å². The van der Waals surface area contributed by atoms with Crippen LogP contribution in [0.15, 0.2) is 35.1 Å². The Balaban J connectivity index is 1.64. The smallest absolute Gasteiger partial charge is 0.267 e. The summed E-state index contributed by atoms with van der Waals surface area (Å²) in [6.07, 6.45) is 5.02. The van der Waals surface area contributed by atoms with Crippen LogP contribution in [0.2, 0.25) is 0 Å². The van der Waals surface area contributed by atoms with Gasteiger partial charge in [-0.2, -0.15) is 5.10 Å². The second-order valence-corrected chi connectivity index (χ2v) is 6.08. The predicted octanol–water partition coefficient (Wildman–Crippen LogP) is 1.97. The third-order valence-corrected chi connectivity index (χ3v) is 4.22. The van der Waals surface area contributed by atoms with Gasteiger partial charge in [0.25, 0.3) is 5.56 Å². The lowest BCUT2D eigenvalue weighted by atomic mass is 10.1. The lowest BCUT2D eigenvalue weighted by Gasteiger charge is -2.10. The van der Waals surface area contributed by atoms with Gasteiger partial charge in [0, 0.05) is 12.6 Å². The van der Waals surface area contributed by atoms with Crippen molar-refractivity contribution in [2.45, 2.75) is 45.2 Å². The van der Waals surface area contributed by atoms with Crippen LogP contribution in [0.25, 0.3) is 0 Å². The van der Waals surface area contributed by atoms with Gasteiger partial charge in [0.15, 0.2) is 0 Å². The molecular formula is C18H20FN3O2. The Kier molecular flexibility index (Phi) is 5.03. The molecule has 5 nitrogen and oxygen atoms in total. The first-order chi connectivity index (χ1) is 11.6. The zero-order chi connectivity index (χ0) is 16.9. The van der Waals surface area contributed by atoms with E-state index in [0.717, 1.165) is 48.9 Å². The topological polar surface area (TPSA) is 64.0 Å². The molecule has 6 heteroatoms. The van der Waals surface area contributed by atoms with Crippen LogP contribution in [0.1, 0.15) is 36.1 Å². The number of aromatic nitrogens is 2. The monoisotopic (exact) mass is 329 g/mol. The van der Waals surface area contributed by atoms with Crippen LogP contribution in [-0.4, -0.2) is 15.7 Å². The summed E-state index contributed by atoms with van der Waals surface area (Å²) < 4.78 is 14.1. The van der Waals surface area contributed by atoms with Crippen LogP contribution in [0.5, 0.6) is 0 Å². The third-order valence-electron chi connectivity index (χ3n) is 4.22. The number of fused-ring (bicyclic) bond motifs is 1. The molecule has 0 unspecified atom stereocenters. The second kappa shape index (κ2) is 7.38. The predicted molar refractivity (Wildman–Crippen MR) is 88.0 cm³/mol. The van der Waals surface area contributed by atoms with Crippen LogP contribution in [0.3, 0.4) is 0 Å². The first kappa shape index (κ1) is 16.4. The SMILES string of the molecule is O=C(Cn1nc2c(cc1=O)CCCCC2)NCc1ccc(F)cc1. The van der Waals surface area contributed by atoms with Crippen molar-refractivity contribution < 1.29 is 9.18 Å². The van der Waals surface area contributed by atoms with Crippen LogP contribution in [-0.2, 0) is 30.7 Å². The second-order valence-electron chi connectivity index (χ2n) is 6.08. The molecule has 1 aliphatic carbocycles. The first-order valence-corrected chi connectivity index (χ1v) is 8.23. The van der Waals surface area contributed by atoms with Crippen molar-refractivity contribution >= 4 is 5.91 Å². The number of aryl methyl sites for hydroxylation is 2. The summed E-state index contributed by atoms with van der Waals surface area (Å²) in [4.78, 5) is 24.2. The number of nitrogens with one attached hydrogen (secondary N) is 1. The van der Waals surface area contributed by atoms with Gasteiger partial charge in [-0.3, -0.25) is 9.59 Å². The highest BCUT2D eigenvalue weighted by atomic mass is 19.1. The molecule has 1 amide bonds. The number of carbonyl (C=O) groups is 1. The molecule has 2 aromatic rings. The molecule has 1 heterocycles. The van der Waals surface area contributed by atoms with Gasteiger partial charge in [0.05, 0.1) is 5.69 Å². The van der Waals surface area contributed by atoms with Gasteiger partial charge in [-0.1, -0.05) is 18.6 Å². The van der Waals surface area contributed by atoms with E-state index in [9.17, 15) is 14.0 Å². The van der Waals surface area contributed by atoms with Crippen LogP contribution < -0.4 is 10.9 Å². The van der Waals surface area contributed by atoms with Crippen molar-refractivity contribution in [3.8, 4) is 0 Å². The molecule has 0 atom stereocenters. The van der Waals surface area contributed by atoms with E-state index in [-0.39, 0.29) is 23.8 Å². The number of amides is 1. The average Bonchev–Trinajstić information content (AvgIpc) is 2.79. The van der Waals surface area contributed by atoms with Crippen molar-refractivity contribution in [3.63, 3.8) is 0 Å². The Morgan fingerprint density at radius 3 is 2.71 bits per heavy atom. The van der Waals surface area contributed by atoms with Crippen molar-refractivity contribution in [1.29, 1.82) is 0 Å². The van der Waals surface area contributed by atoms with Crippen LogP contribution in [0.4, 0.5) is 4.39 Å². The number of rotatable bonds is 4. The maximum absolute atomic E-state index is 12.9. The number of benzene rings is 1. The number of hydrogen-bond donors (Lipinski definition) is 1. The van der Waals surface area contributed by atoms with Gasteiger partial charge < -0.3 is 5.32 Å². The van der Waals surface area contributed by atoms with E-state index in [0.29, 0.717) is 6.54 Å². The highest BCUT2D eigenvalue weighted by Crippen LogP contribution is 2.16. The minimum absolute atomic E-state index is 0.104. The summed E-state index contributed by atoms with van der Waals surface area (Å²) >= 11 is 0. The van der Waals surface area contributed by atoms with E-state index < -0.39 is 0 Å². The van der Waals surface area contributed by atoms with Gasteiger partial charge in [0.1, 0.15) is 12.4 Å². The van der Waals surface area contributed by atoms with Crippen LogP contribution >= 0.6 is 0 Å². The number of nitrogens with zero attached hydrogens (tertiary/aromatic N) is 2. The maximum Gasteiger partial charge on any atom is 0.267 e. The summed E-state index contributed by atoms with van der Waals surface area (Å²) in [7, 11) is 0. The fraction of sp³-hybridized carbons (Fsp3) is 0.389. The molecule has 0 spiro atoms. The minimum Gasteiger partial charge on any atom is -0.350 e. The molecule has 1 N–H and O–H groups in total. The molecule has 0 aliphatic heterocycles. The van der Waals surface area contributed by atoms with Gasteiger partial charge in [-0.15, -0.1) is 0 Å². The summed E-state index contributed by atoms with van der Waals surface area (Å²) in [6.45, 7) is 0.187. The van der Waals surface area contributed by atoms with E-state index in [1.807, 2.05) is 0 Å². The van der Waals surface area contributed by atoms with Crippen molar-refractivity contribution in [2.75, 3.05) is 0 Å². The summed E-state index contributed by atoms with van der Waals surface area (Å²) in [5.74, 6) is -0.603. The van der Waals surface area contributed by atoms with E-state index in [2.05, 4.69) is 10.4 Å². The summed E-state index contributed by atoms with van der Waals surface area (Å²) in [6, 6.07) is 7.53. The average molecular weight is 329 g/mol. The van der Waals surface area contributed by atoms with Gasteiger partial charge in [0.2, 0.25) is 5.91 Å². The Morgan fingerprint density at radius 1 is 1.17 bits per heavy atom. The Morgan fingerprint density at radius 2 is 1.92 bits per heavy atom. The fourth-order valence-corrected chi connectivity index (χ4v) is 2.89. The molecule has 0 saturated carbocycles. The quantitative estimate of drug-likeness (QED) is 0.872. The highest BCUT2D eigenvalue weighted by molar-refractivity contribution is 5.75. The molecule has 1 aromatic carbocycles. The lowest BCUT2D eigenvalue weighted by molar-refractivity contribution is -0.122. The van der Waals surface area contributed by atoms with Gasteiger partial charge in [-0.25, -0.2) is 9.07 Å². The van der Waals surface area contributed by atoms with E-state index in [4.69, 9.17) is 0 Å². The lowest BCUT2D eigenvalue weighted by Crippen LogP contribution is -2.34. The molecule has 1 aliphatic rings. The van der Waals surface area contributed by atoms with E-state index in [1.54, 1.807) is 18.2 Å². The van der Waals surface area contributed by atoms with Gasteiger partial charge >= 0.3 is 0 Å². The molecule has 24 heavy (non-hydrogen) atoms. The molecule has 126 valence electrons. The van der Waals surface area contributed by atoms with Crippen LogP contribution in [0, 0.1) is 5.82 Å². The number of halogens is 1. The molecule has 3 rings (SSSR count). The minimum atomic E-state index is -0.314. The molecule has 0 radical (unpaired) electrons. The normalized spacial score (nSPS) is 13.9. The first-order valence-electron chi connectivity index (χ1n) is 8.23. The highest BCUT2D eigenvalue weighted by Gasteiger charge is 2.13. The molecule has 0 fully saturated rings. The Bertz CT molecular complexity index is 784.